The van der Waals surface area contributed by atoms with Gasteiger partial charge in [-0.05, 0) is 63.2 Å². The highest BCUT2D eigenvalue weighted by atomic mass is 19.1. The quantitative estimate of drug-likeness (QED) is 0.404. The summed E-state index contributed by atoms with van der Waals surface area (Å²) >= 11 is 0. The van der Waals surface area contributed by atoms with Crippen LogP contribution in [0.1, 0.15) is 35.8 Å². The van der Waals surface area contributed by atoms with Crippen molar-refractivity contribution < 1.29 is 18.3 Å². The number of nitrogens with two attached hydrogens (primary N) is 1. The number of anilines is 2. The zero-order valence-corrected chi connectivity index (χ0v) is 20.2. The van der Waals surface area contributed by atoms with Crippen LogP contribution in [0.3, 0.4) is 0 Å². The molecular formula is C26H23F2N5O4. The van der Waals surface area contributed by atoms with Crippen molar-refractivity contribution in [2.75, 3.05) is 11.1 Å². The van der Waals surface area contributed by atoms with Gasteiger partial charge in [0, 0.05) is 35.8 Å². The van der Waals surface area contributed by atoms with Crippen LogP contribution in [0.25, 0.3) is 5.69 Å². The van der Waals surface area contributed by atoms with E-state index in [4.69, 9.17) is 10.5 Å². The molecule has 3 N–H and O–H groups in total. The van der Waals surface area contributed by atoms with Crippen LogP contribution in [-0.2, 0) is 0 Å². The Hall–Kier alpha value is -4.80. The predicted octanol–water partition coefficient (Wildman–Crippen LogP) is 4.19. The molecule has 0 unspecified atom stereocenters. The number of hydrogen-bond donors (Lipinski definition) is 2. The molecule has 37 heavy (non-hydrogen) atoms. The number of hydrogen-bond acceptors (Lipinski definition) is 6. The van der Waals surface area contributed by atoms with E-state index in [-0.39, 0.29) is 28.5 Å². The SMILES string of the molecule is Cc1c(Oc2ccc(NC(=O)c3cn(C(C)C)c(=O)n(-c4ccc(F)cc4)c3=O)cc2F)ccnc1N. The molecule has 0 spiro atoms. The molecule has 4 rings (SSSR count). The van der Waals surface area contributed by atoms with Gasteiger partial charge in [0.15, 0.2) is 11.6 Å². The number of carbonyl (C=O) groups excluding carboxylic acids is 1. The summed E-state index contributed by atoms with van der Waals surface area (Å²) in [6, 6.07) is 9.60. The Morgan fingerprint density at radius 2 is 1.76 bits per heavy atom. The van der Waals surface area contributed by atoms with Gasteiger partial charge in [-0.2, -0.15) is 0 Å². The molecule has 0 fully saturated rings. The number of nitrogens with one attached hydrogen (secondary N) is 1. The minimum atomic E-state index is -0.905. The van der Waals surface area contributed by atoms with Gasteiger partial charge in [0.25, 0.3) is 11.5 Å². The molecule has 11 heteroatoms. The Kier molecular flexibility index (Phi) is 6.87. The van der Waals surface area contributed by atoms with Crippen LogP contribution in [0.15, 0.2) is 70.5 Å². The standard InChI is InChI=1S/C26H23F2N5O4/c1-14(2)32-13-19(25(35)33(26(32)36)18-7-4-16(27)5-8-18)24(34)31-17-6-9-22(20(28)12-17)37-21-10-11-30-23(29)15(21)3/h4-14H,1-3H3,(H2,29,30)(H,31,34). The fraction of sp³-hybridized carbons (Fsp3) is 0.154. The first-order chi connectivity index (χ1) is 17.6. The number of halogens is 2. The van der Waals surface area contributed by atoms with E-state index in [0.717, 1.165) is 29.0 Å². The summed E-state index contributed by atoms with van der Waals surface area (Å²) in [5.41, 5.74) is 4.48. The van der Waals surface area contributed by atoms with Gasteiger partial charge < -0.3 is 15.8 Å². The molecule has 1 amide bonds. The molecule has 0 aliphatic heterocycles. The van der Waals surface area contributed by atoms with E-state index >= 15 is 0 Å². The first kappa shape index (κ1) is 25.3. The lowest BCUT2D eigenvalue weighted by molar-refractivity contribution is 0.102. The third-order valence-electron chi connectivity index (χ3n) is 5.60. The smallest absolute Gasteiger partial charge is 0.335 e. The Morgan fingerprint density at radius 1 is 1.05 bits per heavy atom. The minimum absolute atomic E-state index is 0.0517. The highest BCUT2D eigenvalue weighted by Crippen LogP contribution is 2.30. The molecule has 2 aromatic carbocycles. The molecule has 0 aliphatic rings. The molecule has 190 valence electrons. The average molecular weight is 507 g/mol. The van der Waals surface area contributed by atoms with E-state index in [1.807, 2.05) is 0 Å². The van der Waals surface area contributed by atoms with E-state index < -0.39 is 34.8 Å². The third kappa shape index (κ3) is 5.10. The van der Waals surface area contributed by atoms with Gasteiger partial charge in [-0.25, -0.2) is 23.1 Å². The van der Waals surface area contributed by atoms with Crippen LogP contribution in [0.5, 0.6) is 11.5 Å². The van der Waals surface area contributed by atoms with Gasteiger partial charge in [0.2, 0.25) is 0 Å². The van der Waals surface area contributed by atoms with Gasteiger partial charge in [-0.3, -0.25) is 14.2 Å². The maximum atomic E-state index is 14.8. The van der Waals surface area contributed by atoms with Crippen LogP contribution in [-0.4, -0.2) is 20.0 Å². The number of ether oxygens (including phenoxy) is 1. The Morgan fingerprint density at radius 3 is 2.41 bits per heavy atom. The normalized spacial score (nSPS) is 11.0. The summed E-state index contributed by atoms with van der Waals surface area (Å²) in [7, 11) is 0. The molecule has 9 nitrogen and oxygen atoms in total. The summed E-state index contributed by atoms with van der Waals surface area (Å²) in [4.78, 5) is 43.1. The molecular weight excluding hydrogens is 484 g/mol. The Bertz CT molecular complexity index is 1610. The van der Waals surface area contributed by atoms with Gasteiger partial charge >= 0.3 is 5.69 Å². The summed E-state index contributed by atoms with van der Waals surface area (Å²) in [5.74, 6) is -1.73. The second kappa shape index (κ2) is 10.1. The number of aromatic nitrogens is 3. The predicted molar refractivity (Wildman–Crippen MR) is 134 cm³/mol. The summed E-state index contributed by atoms with van der Waals surface area (Å²) < 4.78 is 35.8. The highest BCUT2D eigenvalue weighted by molar-refractivity contribution is 6.03. The van der Waals surface area contributed by atoms with Crippen LogP contribution >= 0.6 is 0 Å². The van der Waals surface area contributed by atoms with Gasteiger partial charge in [0.05, 0.1) is 5.69 Å². The van der Waals surface area contributed by atoms with Crippen molar-refractivity contribution in [1.82, 2.24) is 14.1 Å². The molecule has 0 saturated heterocycles. The van der Waals surface area contributed by atoms with Crippen LogP contribution < -0.4 is 27.0 Å². The largest absolute Gasteiger partial charge is 0.454 e. The highest BCUT2D eigenvalue weighted by Gasteiger charge is 2.20. The lowest BCUT2D eigenvalue weighted by Gasteiger charge is -2.16. The van der Waals surface area contributed by atoms with Crippen molar-refractivity contribution in [3.8, 4) is 17.2 Å². The molecule has 2 aromatic heterocycles. The van der Waals surface area contributed by atoms with Crippen molar-refractivity contribution in [3.05, 3.63) is 105 Å². The van der Waals surface area contributed by atoms with Crippen LogP contribution in [0, 0.1) is 18.6 Å². The second-order valence-electron chi connectivity index (χ2n) is 8.46. The number of carbonyl (C=O) groups is 1. The van der Waals surface area contributed by atoms with Crippen molar-refractivity contribution in [2.45, 2.75) is 26.8 Å². The lowest BCUT2D eigenvalue weighted by atomic mass is 10.2. The lowest BCUT2D eigenvalue weighted by Crippen LogP contribution is -2.42. The maximum absolute atomic E-state index is 14.8. The summed E-state index contributed by atoms with van der Waals surface area (Å²) in [6.07, 6.45) is 2.58. The number of pyridine rings is 1. The molecule has 2 heterocycles. The Labute approximate surface area is 209 Å². The number of nitrogens with zero attached hydrogens (tertiary/aromatic N) is 3. The fourth-order valence-corrected chi connectivity index (χ4v) is 3.54. The number of benzene rings is 2. The third-order valence-corrected chi connectivity index (χ3v) is 5.60. The molecule has 0 saturated carbocycles. The van der Waals surface area contributed by atoms with Crippen LogP contribution in [0.2, 0.25) is 0 Å². The van der Waals surface area contributed by atoms with Crippen molar-refractivity contribution in [2.24, 2.45) is 0 Å². The fourth-order valence-electron chi connectivity index (χ4n) is 3.54. The Balaban J connectivity index is 1.67. The molecule has 0 atom stereocenters. The summed E-state index contributed by atoms with van der Waals surface area (Å²) in [5, 5.41) is 2.47. The van der Waals surface area contributed by atoms with E-state index in [9.17, 15) is 23.2 Å². The first-order valence-electron chi connectivity index (χ1n) is 11.2. The van der Waals surface area contributed by atoms with Gasteiger partial charge in [0.1, 0.15) is 22.9 Å². The molecule has 0 radical (unpaired) electrons. The number of amides is 1. The number of rotatable bonds is 6. The van der Waals surface area contributed by atoms with Crippen molar-refractivity contribution >= 4 is 17.4 Å². The van der Waals surface area contributed by atoms with E-state index in [1.165, 1.54) is 41.1 Å². The molecule has 0 aliphatic carbocycles. The topological polar surface area (TPSA) is 121 Å². The van der Waals surface area contributed by atoms with Gasteiger partial charge in [-0.1, -0.05) is 0 Å². The monoisotopic (exact) mass is 507 g/mol. The molecule has 4 aromatic rings. The van der Waals surface area contributed by atoms with Crippen LogP contribution in [0.4, 0.5) is 20.3 Å². The van der Waals surface area contributed by atoms with E-state index in [0.29, 0.717) is 11.3 Å². The zero-order chi connectivity index (χ0) is 26.9. The minimum Gasteiger partial charge on any atom is -0.454 e. The zero-order valence-electron chi connectivity index (χ0n) is 20.2. The number of nitrogen functional groups attached to an aromatic ring is 1. The average Bonchev–Trinajstić information content (AvgIpc) is 2.84. The second-order valence-corrected chi connectivity index (χ2v) is 8.46. The van der Waals surface area contributed by atoms with Crippen molar-refractivity contribution in [3.63, 3.8) is 0 Å². The maximum Gasteiger partial charge on any atom is 0.335 e. The first-order valence-corrected chi connectivity index (χ1v) is 11.2. The van der Waals surface area contributed by atoms with E-state index in [1.54, 1.807) is 20.8 Å². The van der Waals surface area contributed by atoms with Crippen molar-refractivity contribution in [1.29, 1.82) is 0 Å². The molecule has 0 bridgehead atoms. The van der Waals surface area contributed by atoms with E-state index in [2.05, 4.69) is 10.3 Å². The van der Waals surface area contributed by atoms with Gasteiger partial charge in [-0.15, -0.1) is 0 Å². The summed E-state index contributed by atoms with van der Waals surface area (Å²) in [6.45, 7) is 5.09.